The maximum absolute atomic E-state index is 6.01. The van der Waals surface area contributed by atoms with E-state index in [0.717, 1.165) is 29.0 Å². The van der Waals surface area contributed by atoms with Crippen molar-refractivity contribution in [1.29, 1.82) is 0 Å². The zero-order valence-corrected chi connectivity index (χ0v) is 14.0. The molecule has 0 atom stereocenters. The molecule has 2 heterocycles. The summed E-state index contributed by atoms with van der Waals surface area (Å²) in [5, 5.41) is 5.41. The van der Waals surface area contributed by atoms with E-state index in [9.17, 15) is 0 Å². The highest BCUT2D eigenvalue weighted by Gasteiger charge is 2.18. The molecule has 8 heteroatoms. The van der Waals surface area contributed by atoms with Gasteiger partial charge in [-0.3, -0.25) is 0 Å². The second-order valence-electron chi connectivity index (χ2n) is 4.63. The fraction of sp³-hybridized carbons (Fsp3) is 0.214. The Labute approximate surface area is 141 Å². The number of nitrogen functional groups attached to an aromatic ring is 1. The Balaban J connectivity index is 1.98. The average molecular weight is 355 g/mol. The molecule has 1 aromatic carbocycles. The Bertz CT molecular complexity index is 815. The lowest BCUT2D eigenvalue weighted by Crippen LogP contribution is -1.88. The van der Waals surface area contributed by atoms with Crippen molar-refractivity contribution in [3.63, 3.8) is 0 Å². The lowest BCUT2D eigenvalue weighted by molar-refractivity contribution is 0.432. The first-order valence-corrected chi connectivity index (χ1v) is 8.20. The van der Waals surface area contributed by atoms with E-state index in [-0.39, 0.29) is 0 Å². The van der Waals surface area contributed by atoms with Gasteiger partial charge in [-0.1, -0.05) is 53.0 Å². The van der Waals surface area contributed by atoms with Crippen molar-refractivity contribution in [2.45, 2.75) is 19.8 Å². The zero-order chi connectivity index (χ0) is 15.7. The predicted molar refractivity (Wildman–Crippen MR) is 89.3 cm³/mol. The van der Waals surface area contributed by atoms with Gasteiger partial charge in [-0.25, -0.2) is 4.98 Å². The van der Waals surface area contributed by atoms with Crippen molar-refractivity contribution in [1.82, 2.24) is 15.1 Å². The van der Waals surface area contributed by atoms with Crippen LogP contribution in [0.2, 0.25) is 10.0 Å². The summed E-state index contributed by atoms with van der Waals surface area (Å²) in [5.41, 5.74) is 7.41. The number of nitrogens with two attached hydrogens (primary N) is 1. The molecule has 0 aliphatic rings. The Morgan fingerprint density at radius 3 is 2.77 bits per heavy atom. The van der Waals surface area contributed by atoms with Gasteiger partial charge in [0.25, 0.3) is 5.89 Å². The first-order chi connectivity index (χ1) is 10.6. The number of rotatable bonds is 4. The number of hydrogen-bond donors (Lipinski definition) is 1. The highest BCUT2D eigenvalue weighted by molar-refractivity contribution is 7.18. The largest absolute Gasteiger partial charge is 0.375 e. The van der Waals surface area contributed by atoms with Gasteiger partial charge < -0.3 is 10.3 Å². The van der Waals surface area contributed by atoms with Crippen LogP contribution in [-0.2, 0) is 6.42 Å². The normalized spacial score (nSPS) is 11.0. The molecule has 0 unspecified atom stereocenters. The van der Waals surface area contributed by atoms with Crippen molar-refractivity contribution in [2.75, 3.05) is 5.73 Å². The van der Waals surface area contributed by atoms with Crippen molar-refractivity contribution < 1.29 is 4.52 Å². The molecule has 0 fully saturated rings. The van der Waals surface area contributed by atoms with Crippen LogP contribution in [-0.4, -0.2) is 15.1 Å². The molecule has 114 valence electrons. The van der Waals surface area contributed by atoms with Crippen LogP contribution in [0.25, 0.3) is 22.2 Å². The van der Waals surface area contributed by atoms with Gasteiger partial charge in [0.05, 0.1) is 15.7 Å². The minimum atomic E-state index is 0.415. The Morgan fingerprint density at radius 2 is 2.05 bits per heavy atom. The van der Waals surface area contributed by atoms with E-state index >= 15 is 0 Å². The van der Waals surface area contributed by atoms with Crippen molar-refractivity contribution in [3.8, 4) is 22.2 Å². The molecule has 0 saturated heterocycles. The van der Waals surface area contributed by atoms with E-state index in [1.54, 1.807) is 18.2 Å². The van der Waals surface area contributed by atoms with Gasteiger partial charge >= 0.3 is 0 Å². The van der Waals surface area contributed by atoms with Gasteiger partial charge in [0.1, 0.15) is 4.88 Å². The minimum Gasteiger partial charge on any atom is -0.375 e. The summed E-state index contributed by atoms with van der Waals surface area (Å²) >= 11 is 13.3. The summed E-state index contributed by atoms with van der Waals surface area (Å²) in [6.45, 7) is 2.08. The van der Waals surface area contributed by atoms with Gasteiger partial charge in [0.2, 0.25) is 5.82 Å². The summed E-state index contributed by atoms with van der Waals surface area (Å²) in [5.74, 6) is 0.863. The molecule has 0 bridgehead atoms. The minimum absolute atomic E-state index is 0.415. The molecule has 22 heavy (non-hydrogen) atoms. The van der Waals surface area contributed by atoms with E-state index in [1.165, 1.54) is 11.3 Å². The maximum atomic E-state index is 6.01. The lowest BCUT2D eigenvalue weighted by Gasteiger charge is -1.97. The van der Waals surface area contributed by atoms with E-state index in [4.69, 9.17) is 33.5 Å². The van der Waals surface area contributed by atoms with Crippen LogP contribution in [0.1, 0.15) is 19.0 Å². The highest BCUT2D eigenvalue weighted by atomic mass is 35.5. The first-order valence-electron chi connectivity index (χ1n) is 6.63. The van der Waals surface area contributed by atoms with Crippen molar-refractivity contribution in [3.05, 3.63) is 33.9 Å². The lowest BCUT2D eigenvalue weighted by atomic mass is 10.2. The molecule has 5 nitrogen and oxygen atoms in total. The van der Waals surface area contributed by atoms with Crippen molar-refractivity contribution in [2.24, 2.45) is 0 Å². The van der Waals surface area contributed by atoms with Gasteiger partial charge in [0.15, 0.2) is 5.13 Å². The number of aromatic nitrogens is 3. The summed E-state index contributed by atoms with van der Waals surface area (Å²) in [6, 6.07) is 5.19. The van der Waals surface area contributed by atoms with Gasteiger partial charge in [-0.05, 0) is 24.6 Å². The van der Waals surface area contributed by atoms with Crippen LogP contribution in [0, 0.1) is 0 Å². The number of benzene rings is 1. The fourth-order valence-corrected chi connectivity index (χ4v) is 3.11. The Morgan fingerprint density at radius 1 is 1.23 bits per heavy atom. The second kappa shape index (κ2) is 6.24. The summed E-state index contributed by atoms with van der Waals surface area (Å²) in [4.78, 5) is 9.55. The SMILES string of the molecule is CCCc1nc(N)sc1-c1nc(-c2ccc(Cl)c(Cl)c2)no1. The summed E-state index contributed by atoms with van der Waals surface area (Å²) in [7, 11) is 0. The van der Waals surface area contributed by atoms with E-state index in [0.29, 0.717) is 26.9 Å². The van der Waals surface area contributed by atoms with Crippen LogP contribution < -0.4 is 5.73 Å². The average Bonchev–Trinajstić information content (AvgIpc) is 3.09. The molecule has 0 amide bonds. The fourth-order valence-electron chi connectivity index (χ4n) is 2.01. The molecule has 0 saturated carbocycles. The number of halogens is 2. The van der Waals surface area contributed by atoms with Crippen molar-refractivity contribution >= 4 is 39.7 Å². The van der Waals surface area contributed by atoms with Crippen LogP contribution in [0.3, 0.4) is 0 Å². The molecule has 3 rings (SSSR count). The molecule has 3 aromatic rings. The van der Waals surface area contributed by atoms with E-state index < -0.39 is 0 Å². The summed E-state index contributed by atoms with van der Waals surface area (Å²) in [6.07, 6.45) is 1.78. The molecular weight excluding hydrogens is 343 g/mol. The standard InChI is InChI=1S/C14H12Cl2N4OS/c1-2-3-10-11(22-14(17)18-10)13-19-12(20-21-13)7-4-5-8(15)9(16)6-7/h4-6H,2-3H2,1H3,(H2,17,18). The topological polar surface area (TPSA) is 77.8 Å². The second-order valence-corrected chi connectivity index (χ2v) is 6.47. The maximum Gasteiger partial charge on any atom is 0.270 e. The Hall–Kier alpha value is -1.63. The first kappa shape index (κ1) is 15.3. The molecule has 0 spiro atoms. The van der Waals surface area contributed by atoms with Crippen LogP contribution >= 0.6 is 34.5 Å². The van der Waals surface area contributed by atoms with Gasteiger partial charge in [-0.2, -0.15) is 4.98 Å². The number of nitrogens with zero attached hydrogens (tertiary/aromatic N) is 3. The van der Waals surface area contributed by atoms with Crippen LogP contribution in [0.4, 0.5) is 5.13 Å². The third-order valence-electron chi connectivity index (χ3n) is 3.00. The van der Waals surface area contributed by atoms with Gasteiger partial charge in [-0.15, -0.1) is 0 Å². The molecule has 0 aliphatic heterocycles. The van der Waals surface area contributed by atoms with Gasteiger partial charge in [0, 0.05) is 5.56 Å². The number of anilines is 1. The molecular formula is C14H12Cl2N4OS. The quantitative estimate of drug-likeness (QED) is 0.734. The van der Waals surface area contributed by atoms with Crippen LogP contribution in [0.15, 0.2) is 22.7 Å². The number of thiazole rings is 1. The monoisotopic (exact) mass is 354 g/mol. The Kier molecular flexibility index (Phi) is 4.33. The summed E-state index contributed by atoms with van der Waals surface area (Å²) < 4.78 is 5.35. The highest BCUT2D eigenvalue weighted by Crippen LogP contribution is 2.33. The third kappa shape index (κ3) is 2.95. The smallest absolute Gasteiger partial charge is 0.270 e. The molecule has 0 radical (unpaired) electrons. The molecule has 2 N–H and O–H groups in total. The third-order valence-corrected chi connectivity index (χ3v) is 4.65. The zero-order valence-electron chi connectivity index (χ0n) is 11.6. The number of aryl methyl sites for hydroxylation is 1. The number of hydrogen-bond acceptors (Lipinski definition) is 6. The van der Waals surface area contributed by atoms with Crippen LogP contribution in [0.5, 0.6) is 0 Å². The molecule has 2 aromatic heterocycles. The predicted octanol–water partition coefficient (Wildman–Crippen LogP) is 4.70. The molecule has 0 aliphatic carbocycles. The van der Waals surface area contributed by atoms with E-state index in [1.807, 2.05) is 0 Å². The van der Waals surface area contributed by atoms with E-state index in [2.05, 4.69) is 22.0 Å².